The first-order chi connectivity index (χ1) is 8.27. The van der Waals surface area contributed by atoms with Crippen LogP contribution in [0.5, 0.6) is 0 Å². The van der Waals surface area contributed by atoms with Gasteiger partial charge in [-0.3, -0.25) is 0 Å². The Bertz CT molecular complexity index is 401. The summed E-state index contributed by atoms with van der Waals surface area (Å²) in [5, 5.41) is 0. The van der Waals surface area contributed by atoms with Gasteiger partial charge in [0.1, 0.15) is 0 Å². The molecule has 1 aromatic carbocycles. The van der Waals surface area contributed by atoms with Crippen LogP contribution in [-0.4, -0.2) is 24.5 Å². The topological polar surface area (TPSA) is 35.2 Å². The summed E-state index contributed by atoms with van der Waals surface area (Å²) in [4.78, 5) is 1.45. The minimum atomic E-state index is 0.000921. The van der Waals surface area contributed by atoms with Gasteiger partial charge in [0.05, 0.1) is 0 Å². The number of ether oxygens (including phenoxy) is 1. The Labute approximate surface area is 107 Å². The molecule has 0 spiro atoms. The van der Waals surface area contributed by atoms with Crippen LogP contribution in [0.2, 0.25) is 0 Å². The van der Waals surface area contributed by atoms with Gasteiger partial charge in [-0.2, -0.15) is 0 Å². The Morgan fingerprint density at radius 2 is 2.06 bits per heavy atom. The van der Waals surface area contributed by atoms with E-state index in [2.05, 4.69) is 24.3 Å². The Kier molecular flexibility index (Phi) is 3.16. The van der Waals surface area contributed by atoms with E-state index in [4.69, 9.17) is 10.5 Å². The first-order valence-electron chi connectivity index (χ1n) is 6.35. The molecule has 1 atom stereocenters. The number of hydrogen-bond donors (Lipinski definition) is 1. The second kappa shape index (κ2) is 4.63. The van der Waals surface area contributed by atoms with Gasteiger partial charge < -0.3 is 10.5 Å². The summed E-state index contributed by atoms with van der Waals surface area (Å²) in [5.74, 6) is 1.83. The van der Waals surface area contributed by atoms with Crippen molar-refractivity contribution < 1.29 is 4.74 Å². The lowest BCUT2D eigenvalue weighted by atomic mass is 9.80. The number of fused-ring (bicyclic) bond motifs is 1. The van der Waals surface area contributed by atoms with Crippen molar-refractivity contribution in [1.82, 2.24) is 0 Å². The highest BCUT2D eigenvalue weighted by molar-refractivity contribution is 7.99. The molecule has 1 aromatic rings. The molecule has 0 bridgehead atoms. The van der Waals surface area contributed by atoms with Crippen LogP contribution in [0.25, 0.3) is 0 Å². The molecule has 92 valence electrons. The van der Waals surface area contributed by atoms with E-state index in [1.54, 1.807) is 0 Å². The maximum absolute atomic E-state index is 6.51. The molecule has 2 aliphatic heterocycles. The number of hydrogen-bond acceptors (Lipinski definition) is 3. The highest BCUT2D eigenvalue weighted by atomic mass is 32.2. The normalized spacial score (nSPS) is 26.8. The Morgan fingerprint density at radius 1 is 1.29 bits per heavy atom. The van der Waals surface area contributed by atoms with Gasteiger partial charge in [-0.15, -0.1) is 11.8 Å². The smallest absolute Gasteiger partial charge is 0.0483 e. The predicted molar refractivity (Wildman–Crippen MR) is 71.5 cm³/mol. The van der Waals surface area contributed by atoms with Gasteiger partial charge in [0.2, 0.25) is 0 Å². The molecule has 2 heterocycles. The zero-order valence-electron chi connectivity index (χ0n) is 10.0. The van der Waals surface area contributed by atoms with Gasteiger partial charge in [-0.25, -0.2) is 0 Å². The molecule has 17 heavy (non-hydrogen) atoms. The van der Waals surface area contributed by atoms with Crippen molar-refractivity contribution in [2.75, 3.05) is 19.0 Å². The number of thioether (sulfide) groups is 1. The number of rotatable bonds is 2. The lowest BCUT2D eigenvalue weighted by molar-refractivity contribution is 0.0484. The van der Waals surface area contributed by atoms with E-state index in [0.29, 0.717) is 5.92 Å². The average molecular weight is 249 g/mol. The van der Waals surface area contributed by atoms with Crippen LogP contribution in [0.1, 0.15) is 30.7 Å². The summed E-state index contributed by atoms with van der Waals surface area (Å²) in [6, 6.07) is 8.77. The molecule has 3 heteroatoms. The monoisotopic (exact) mass is 249 g/mol. The van der Waals surface area contributed by atoms with E-state index in [1.165, 1.54) is 16.2 Å². The minimum absolute atomic E-state index is 0.000921. The Morgan fingerprint density at radius 3 is 2.88 bits per heavy atom. The third-order valence-corrected chi connectivity index (χ3v) is 5.19. The largest absolute Gasteiger partial charge is 0.381 e. The summed E-state index contributed by atoms with van der Waals surface area (Å²) in [6.07, 6.45) is 3.13. The summed E-state index contributed by atoms with van der Waals surface area (Å²) < 4.78 is 5.41. The van der Waals surface area contributed by atoms with Crippen LogP contribution in [0.4, 0.5) is 0 Å². The highest BCUT2D eigenvalue weighted by Crippen LogP contribution is 2.43. The molecule has 2 N–H and O–H groups in total. The molecule has 2 nitrogen and oxygen atoms in total. The van der Waals surface area contributed by atoms with Crippen LogP contribution in [-0.2, 0) is 4.74 Å². The van der Waals surface area contributed by atoms with Crippen molar-refractivity contribution in [3.63, 3.8) is 0 Å². The summed E-state index contributed by atoms with van der Waals surface area (Å²) in [7, 11) is 0. The molecule has 1 saturated heterocycles. The van der Waals surface area contributed by atoms with Crippen molar-refractivity contribution in [3.05, 3.63) is 29.8 Å². The molecule has 2 aliphatic rings. The molecular weight excluding hydrogens is 230 g/mol. The van der Waals surface area contributed by atoms with Gasteiger partial charge in [-0.05, 0) is 36.8 Å². The lowest BCUT2D eigenvalue weighted by Crippen LogP contribution is -2.46. The molecular formula is C14H19NOS. The van der Waals surface area contributed by atoms with Crippen molar-refractivity contribution in [3.8, 4) is 0 Å². The molecule has 0 radical (unpaired) electrons. The molecule has 0 amide bonds. The first kappa shape index (κ1) is 11.6. The van der Waals surface area contributed by atoms with Crippen LogP contribution >= 0.6 is 11.8 Å². The zero-order chi connectivity index (χ0) is 11.7. The number of benzene rings is 1. The second-order valence-corrected chi connectivity index (χ2v) is 6.29. The second-order valence-electron chi connectivity index (χ2n) is 5.22. The van der Waals surface area contributed by atoms with Gasteiger partial charge >= 0.3 is 0 Å². The third kappa shape index (κ3) is 2.37. The van der Waals surface area contributed by atoms with Crippen molar-refractivity contribution >= 4 is 11.8 Å². The van der Waals surface area contributed by atoms with E-state index in [-0.39, 0.29) is 5.54 Å². The molecule has 3 rings (SSSR count). The van der Waals surface area contributed by atoms with Crippen LogP contribution < -0.4 is 5.73 Å². The zero-order valence-corrected chi connectivity index (χ0v) is 10.8. The Balaban J connectivity index is 1.74. The fraction of sp³-hybridized carbons (Fsp3) is 0.571. The minimum Gasteiger partial charge on any atom is -0.381 e. The molecule has 1 unspecified atom stereocenters. The summed E-state index contributed by atoms with van der Waals surface area (Å²) in [6.45, 7) is 1.66. The van der Waals surface area contributed by atoms with Gasteiger partial charge in [0.25, 0.3) is 0 Å². The van der Waals surface area contributed by atoms with E-state index in [9.17, 15) is 0 Å². The highest BCUT2D eigenvalue weighted by Gasteiger charge is 2.34. The van der Waals surface area contributed by atoms with Gasteiger partial charge in [-0.1, -0.05) is 18.2 Å². The molecule has 0 saturated carbocycles. The average Bonchev–Trinajstić information content (AvgIpc) is 2.73. The van der Waals surface area contributed by atoms with Crippen LogP contribution in [0, 0.1) is 0 Å². The fourth-order valence-corrected chi connectivity index (χ4v) is 4.13. The standard InChI is InChI=1S/C14H19NOS/c15-14(5-7-16-8-6-14)9-11-10-17-13-4-2-1-3-12(11)13/h1-4,11H,5-10,15H2. The summed E-state index contributed by atoms with van der Waals surface area (Å²) in [5.41, 5.74) is 8.02. The lowest BCUT2D eigenvalue weighted by Gasteiger charge is -2.35. The predicted octanol–water partition coefficient (Wildman–Crippen LogP) is 2.77. The third-order valence-electron chi connectivity index (χ3n) is 3.94. The maximum Gasteiger partial charge on any atom is 0.0483 e. The molecule has 0 aliphatic carbocycles. The Hall–Kier alpha value is -0.510. The van der Waals surface area contributed by atoms with Gasteiger partial charge in [0, 0.05) is 29.4 Å². The van der Waals surface area contributed by atoms with Crippen molar-refractivity contribution in [2.24, 2.45) is 5.73 Å². The van der Waals surface area contributed by atoms with E-state index in [0.717, 1.165) is 32.5 Å². The molecule has 1 fully saturated rings. The van der Waals surface area contributed by atoms with E-state index >= 15 is 0 Å². The van der Waals surface area contributed by atoms with E-state index in [1.807, 2.05) is 11.8 Å². The van der Waals surface area contributed by atoms with Gasteiger partial charge in [0.15, 0.2) is 0 Å². The summed E-state index contributed by atoms with van der Waals surface area (Å²) >= 11 is 1.98. The first-order valence-corrected chi connectivity index (χ1v) is 7.34. The fourth-order valence-electron chi connectivity index (χ4n) is 2.87. The SMILES string of the molecule is NC1(CC2CSc3ccccc32)CCOCC1. The van der Waals surface area contributed by atoms with Crippen molar-refractivity contribution in [1.29, 1.82) is 0 Å². The maximum atomic E-state index is 6.51. The quantitative estimate of drug-likeness (QED) is 0.875. The van der Waals surface area contributed by atoms with Crippen LogP contribution in [0.3, 0.4) is 0 Å². The van der Waals surface area contributed by atoms with Crippen LogP contribution in [0.15, 0.2) is 29.2 Å². The van der Waals surface area contributed by atoms with E-state index < -0.39 is 0 Å². The van der Waals surface area contributed by atoms with Crippen molar-refractivity contribution in [2.45, 2.75) is 35.6 Å². The number of nitrogens with two attached hydrogens (primary N) is 1. The molecule has 0 aromatic heterocycles.